The molecule has 23 heavy (non-hydrogen) atoms. The van der Waals surface area contributed by atoms with Crippen LogP contribution in [0, 0.1) is 0 Å². The number of dihydropyridines is 1. The monoisotopic (exact) mass is 310 g/mol. The van der Waals surface area contributed by atoms with E-state index >= 15 is 0 Å². The molecule has 1 aliphatic heterocycles. The van der Waals surface area contributed by atoms with Gasteiger partial charge in [0.2, 0.25) is 0 Å². The van der Waals surface area contributed by atoms with Crippen molar-refractivity contribution in [2.24, 2.45) is 0 Å². The van der Waals surface area contributed by atoms with Crippen molar-refractivity contribution in [3.05, 3.63) is 59.7 Å². The molecule has 1 aliphatic rings. The third-order valence-corrected chi connectivity index (χ3v) is 3.43. The number of allylic oxidation sites excluding steroid dienone is 1. The van der Waals surface area contributed by atoms with Crippen LogP contribution in [0.1, 0.15) is 39.7 Å². The van der Waals surface area contributed by atoms with Gasteiger partial charge >= 0.3 is 0 Å². The number of benzene rings is 1. The van der Waals surface area contributed by atoms with Gasteiger partial charge in [-0.2, -0.15) is 0 Å². The van der Waals surface area contributed by atoms with E-state index in [4.69, 9.17) is 0 Å². The lowest BCUT2D eigenvalue weighted by molar-refractivity contribution is 0.709. The summed E-state index contributed by atoms with van der Waals surface area (Å²) < 4.78 is 0. The summed E-state index contributed by atoms with van der Waals surface area (Å²) in [4.78, 5) is 8.61. The van der Waals surface area contributed by atoms with Crippen molar-refractivity contribution < 1.29 is 0 Å². The van der Waals surface area contributed by atoms with E-state index in [1.807, 2.05) is 12.3 Å². The van der Waals surface area contributed by atoms with Crippen LogP contribution in [-0.4, -0.2) is 16.0 Å². The second-order valence-electron chi connectivity index (χ2n) is 5.80. The first-order valence-corrected chi connectivity index (χ1v) is 8.22. The van der Waals surface area contributed by atoms with E-state index in [9.17, 15) is 0 Å². The summed E-state index contributed by atoms with van der Waals surface area (Å²) in [5.41, 5.74) is 5.48. The largest absolute Gasteiger partial charge is 0.383 e. The average molecular weight is 310 g/mol. The Morgan fingerprint density at radius 3 is 2.52 bits per heavy atom. The predicted octanol–water partition coefficient (Wildman–Crippen LogP) is 3.92. The molecule has 1 aromatic carbocycles. The van der Waals surface area contributed by atoms with Crippen molar-refractivity contribution in [2.45, 2.75) is 46.7 Å². The Morgan fingerprint density at radius 1 is 1.13 bits per heavy atom. The standard InChI is InChI=1S/C16H18N4.C3H8/c1-11-7-12(2)19-10-16(11)20-9-13-3-4-14-15(8-13)18-6-5-17-14;1-3-2/h3-8,10,12,19-20H,9H2,1-2H3;3H2,1-2H3. The van der Waals surface area contributed by atoms with Crippen molar-refractivity contribution in [1.82, 2.24) is 20.6 Å². The normalized spacial score (nSPS) is 16.6. The number of nitrogens with one attached hydrogen (secondary N) is 2. The maximum absolute atomic E-state index is 4.33. The summed E-state index contributed by atoms with van der Waals surface area (Å²) in [5.74, 6) is 0. The second-order valence-corrected chi connectivity index (χ2v) is 5.80. The molecule has 0 amide bonds. The first-order valence-electron chi connectivity index (χ1n) is 8.22. The Labute approximate surface area is 138 Å². The van der Waals surface area contributed by atoms with E-state index in [0.717, 1.165) is 23.3 Å². The maximum Gasteiger partial charge on any atom is 0.0890 e. The highest BCUT2D eigenvalue weighted by Crippen LogP contribution is 2.14. The highest BCUT2D eigenvalue weighted by molar-refractivity contribution is 5.74. The minimum atomic E-state index is 0.400. The highest BCUT2D eigenvalue weighted by Gasteiger charge is 2.08. The van der Waals surface area contributed by atoms with Gasteiger partial charge in [0.25, 0.3) is 0 Å². The molecule has 4 nitrogen and oxygen atoms in total. The summed E-state index contributed by atoms with van der Waals surface area (Å²) in [6.45, 7) is 9.29. The minimum absolute atomic E-state index is 0.400. The number of aromatic nitrogens is 2. The van der Waals surface area contributed by atoms with Crippen LogP contribution in [0.3, 0.4) is 0 Å². The van der Waals surface area contributed by atoms with E-state index in [1.54, 1.807) is 12.4 Å². The molecule has 4 heteroatoms. The van der Waals surface area contributed by atoms with Crippen LogP contribution in [0.5, 0.6) is 0 Å². The molecule has 1 atom stereocenters. The average Bonchev–Trinajstić information content (AvgIpc) is 2.54. The minimum Gasteiger partial charge on any atom is -0.383 e. The highest BCUT2D eigenvalue weighted by atomic mass is 15.0. The molecule has 0 aliphatic carbocycles. The van der Waals surface area contributed by atoms with Crippen molar-refractivity contribution in [3.63, 3.8) is 0 Å². The maximum atomic E-state index is 4.33. The van der Waals surface area contributed by atoms with E-state index in [-0.39, 0.29) is 0 Å². The zero-order chi connectivity index (χ0) is 16.7. The van der Waals surface area contributed by atoms with Crippen LogP contribution < -0.4 is 10.6 Å². The van der Waals surface area contributed by atoms with Gasteiger partial charge in [-0.25, -0.2) is 0 Å². The quantitative estimate of drug-likeness (QED) is 0.902. The van der Waals surface area contributed by atoms with E-state index in [2.05, 4.69) is 66.5 Å². The Bertz CT molecular complexity index is 703. The third kappa shape index (κ3) is 4.81. The molecule has 0 radical (unpaired) electrons. The zero-order valence-electron chi connectivity index (χ0n) is 14.4. The van der Waals surface area contributed by atoms with Gasteiger partial charge in [-0.3, -0.25) is 9.97 Å². The summed E-state index contributed by atoms with van der Waals surface area (Å²) in [7, 11) is 0. The second kappa shape index (κ2) is 8.32. The summed E-state index contributed by atoms with van der Waals surface area (Å²) in [6.07, 6.45) is 8.95. The van der Waals surface area contributed by atoms with E-state index < -0.39 is 0 Å². The third-order valence-electron chi connectivity index (χ3n) is 3.43. The Kier molecular flexibility index (Phi) is 6.15. The summed E-state index contributed by atoms with van der Waals surface area (Å²) in [5, 5.41) is 6.76. The Morgan fingerprint density at radius 2 is 1.83 bits per heavy atom. The zero-order valence-corrected chi connectivity index (χ0v) is 14.4. The number of hydrogen-bond donors (Lipinski definition) is 2. The lowest BCUT2D eigenvalue weighted by Gasteiger charge is -2.20. The molecule has 0 bridgehead atoms. The van der Waals surface area contributed by atoms with Gasteiger partial charge in [0.05, 0.1) is 16.7 Å². The molecule has 122 valence electrons. The van der Waals surface area contributed by atoms with Crippen molar-refractivity contribution in [2.75, 3.05) is 0 Å². The van der Waals surface area contributed by atoms with Crippen LogP contribution in [-0.2, 0) is 6.54 Å². The fourth-order valence-electron chi connectivity index (χ4n) is 2.35. The van der Waals surface area contributed by atoms with Crippen LogP contribution in [0.25, 0.3) is 11.0 Å². The molecule has 2 aromatic rings. The first kappa shape index (κ1) is 17.0. The molecule has 0 saturated carbocycles. The van der Waals surface area contributed by atoms with Gasteiger partial charge < -0.3 is 10.6 Å². The van der Waals surface area contributed by atoms with Crippen molar-refractivity contribution in [3.8, 4) is 0 Å². The predicted molar refractivity (Wildman–Crippen MR) is 96.8 cm³/mol. The van der Waals surface area contributed by atoms with Gasteiger partial charge in [-0.05, 0) is 37.1 Å². The number of hydrogen-bond acceptors (Lipinski definition) is 4. The summed E-state index contributed by atoms with van der Waals surface area (Å²) >= 11 is 0. The topological polar surface area (TPSA) is 49.8 Å². The lowest BCUT2D eigenvalue weighted by Crippen LogP contribution is -2.27. The fourth-order valence-corrected chi connectivity index (χ4v) is 2.35. The molecule has 0 spiro atoms. The number of fused-ring (bicyclic) bond motifs is 1. The first-order chi connectivity index (χ1) is 11.1. The van der Waals surface area contributed by atoms with Gasteiger partial charge in [-0.1, -0.05) is 32.4 Å². The molecule has 2 heterocycles. The molecule has 0 saturated heterocycles. The molecule has 3 rings (SSSR count). The number of rotatable bonds is 3. The van der Waals surface area contributed by atoms with Crippen LogP contribution >= 0.6 is 0 Å². The molecule has 2 N–H and O–H groups in total. The molecule has 1 aromatic heterocycles. The lowest BCUT2D eigenvalue weighted by atomic mass is 10.1. The van der Waals surface area contributed by atoms with Crippen LogP contribution in [0.2, 0.25) is 0 Å². The van der Waals surface area contributed by atoms with E-state index in [1.165, 1.54) is 17.6 Å². The molecular formula is C19H26N4. The van der Waals surface area contributed by atoms with E-state index in [0.29, 0.717) is 6.04 Å². The summed E-state index contributed by atoms with van der Waals surface area (Å²) in [6, 6.07) is 6.57. The number of nitrogens with zero attached hydrogens (tertiary/aromatic N) is 2. The van der Waals surface area contributed by atoms with Crippen molar-refractivity contribution in [1.29, 1.82) is 0 Å². The van der Waals surface area contributed by atoms with Crippen LogP contribution in [0.4, 0.5) is 0 Å². The molecular weight excluding hydrogens is 284 g/mol. The fraction of sp³-hybridized carbons (Fsp3) is 0.368. The Hall–Kier alpha value is -2.36. The molecule has 1 unspecified atom stereocenters. The van der Waals surface area contributed by atoms with Crippen molar-refractivity contribution >= 4 is 11.0 Å². The smallest absolute Gasteiger partial charge is 0.0890 e. The van der Waals surface area contributed by atoms with Gasteiger partial charge in [0.1, 0.15) is 0 Å². The Balaban J connectivity index is 0.000000595. The van der Waals surface area contributed by atoms with Gasteiger partial charge in [0, 0.05) is 31.2 Å². The van der Waals surface area contributed by atoms with Gasteiger partial charge in [0.15, 0.2) is 0 Å². The van der Waals surface area contributed by atoms with Gasteiger partial charge in [-0.15, -0.1) is 0 Å². The SMILES string of the molecule is CC1=CC(C)NC=C1NCc1ccc2nccnc2c1.CCC. The van der Waals surface area contributed by atoms with Crippen LogP contribution in [0.15, 0.2) is 54.1 Å². The molecule has 0 fully saturated rings.